The smallest absolute Gasteiger partial charge is 0.233 e. The Bertz CT molecular complexity index is 697. The molecule has 0 atom stereocenters. The number of nitrogens with one attached hydrogen (secondary N) is 2. The first-order valence-electron chi connectivity index (χ1n) is 7.12. The standard InChI is InChI=1S/C15H20N4O2S/c1-3-10-22(20,21)19-15-9-8-14(17-18-15)16-11-13-6-4-12(2)5-7-13/h4-9H,3,10-11H2,1-2H3,(H,16,17)(H,18,19). The van der Waals surface area contributed by atoms with E-state index in [0.29, 0.717) is 18.8 Å². The lowest BCUT2D eigenvalue weighted by Gasteiger charge is -2.08. The Morgan fingerprint density at radius 1 is 1.00 bits per heavy atom. The summed E-state index contributed by atoms with van der Waals surface area (Å²) in [5.74, 6) is 0.899. The van der Waals surface area contributed by atoms with E-state index in [1.165, 1.54) is 5.56 Å². The number of aromatic nitrogens is 2. The molecule has 0 bridgehead atoms. The maximum atomic E-state index is 11.6. The largest absolute Gasteiger partial charge is 0.365 e. The average molecular weight is 320 g/mol. The topological polar surface area (TPSA) is 84.0 Å². The Morgan fingerprint density at radius 2 is 1.64 bits per heavy atom. The summed E-state index contributed by atoms with van der Waals surface area (Å²) < 4.78 is 25.7. The summed E-state index contributed by atoms with van der Waals surface area (Å²) in [4.78, 5) is 0. The van der Waals surface area contributed by atoms with Gasteiger partial charge in [-0.05, 0) is 31.0 Å². The van der Waals surface area contributed by atoms with Gasteiger partial charge >= 0.3 is 0 Å². The molecule has 0 radical (unpaired) electrons. The van der Waals surface area contributed by atoms with Gasteiger partial charge < -0.3 is 5.32 Å². The molecule has 2 aromatic rings. The van der Waals surface area contributed by atoms with Gasteiger partial charge in [-0.25, -0.2) is 8.42 Å². The number of aryl methyl sites for hydroxylation is 1. The summed E-state index contributed by atoms with van der Waals surface area (Å²) in [7, 11) is -3.33. The predicted octanol–water partition coefficient (Wildman–Crippen LogP) is 2.55. The Hall–Kier alpha value is -2.15. The van der Waals surface area contributed by atoms with Crippen LogP contribution in [0.2, 0.25) is 0 Å². The highest BCUT2D eigenvalue weighted by Gasteiger charge is 2.09. The zero-order valence-electron chi connectivity index (χ0n) is 12.7. The molecule has 0 saturated heterocycles. The second kappa shape index (κ2) is 7.22. The van der Waals surface area contributed by atoms with E-state index in [9.17, 15) is 8.42 Å². The Balaban J connectivity index is 1.93. The fraction of sp³-hybridized carbons (Fsp3) is 0.333. The number of rotatable bonds is 7. The maximum Gasteiger partial charge on any atom is 0.233 e. The summed E-state index contributed by atoms with van der Waals surface area (Å²) in [6.45, 7) is 4.49. The molecule has 1 aromatic heterocycles. The molecular formula is C15H20N4O2S. The van der Waals surface area contributed by atoms with E-state index in [1.54, 1.807) is 12.1 Å². The van der Waals surface area contributed by atoms with E-state index in [-0.39, 0.29) is 11.6 Å². The van der Waals surface area contributed by atoms with Crippen LogP contribution in [0, 0.1) is 6.92 Å². The van der Waals surface area contributed by atoms with Crippen molar-refractivity contribution in [3.8, 4) is 0 Å². The number of hydrogen-bond donors (Lipinski definition) is 2. The van der Waals surface area contributed by atoms with Crippen LogP contribution in [-0.4, -0.2) is 24.4 Å². The SMILES string of the molecule is CCCS(=O)(=O)Nc1ccc(NCc2ccc(C)cc2)nn1. The van der Waals surface area contributed by atoms with Gasteiger partial charge in [0.25, 0.3) is 0 Å². The highest BCUT2D eigenvalue weighted by atomic mass is 32.2. The van der Waals surface area contributed by atoms with Crippen molar-refractivity contribution in [1.29, 1.82) is 0 Å². The van der Waals surface area contributed by atoms with Gasteiger partial charge in [-0.2, -0.15) is 0 Å². The molecule has 1 heterocycles. The van der Waals surface area contributed by atoms with Crippen molar-refractivity contribution in [2.24, 2.45) is 0 Å². The van der Waals surface area contributed by atoms with Crippen LogP contribution >= 0.6 is 0 Å². The zero-order chi connectivity index (χ0) is 16.0. The predicted molar refractivity (Wildman–Crippen MR) is 88.2 cm³/mol. The Morgan fingerprint density at radius 3 is 2.23 bits per heavy atom. The third-order valence-corrected chi connectivity index (χ3v) is 4.46. The third kappa shape index (κ3) is 5.00. The summed E-state index contributed by atoms with van der Waals surface area (Å²) in [5, 5.41) is 11.0. The van der Waals surface area contributed by atoms with Crippen LogP contribution in [0.4, 0.5) is 11.6 Å². The third-order valence-electron chi connectivity index (χ3n) is 2.99. The van der Waals surface area contributed by atoms with Crippen LogP contribution in [-0.2, 0) is 16.6 Å². The second-order valence-electron chi connectivity index (χ2n) is 5.06. The van der Waals surface area contributed by atoms with Gasteiger partial charge in [0.15, 0.2) is 5.82 Å². The number of benzene rings is 1. The van der Waals surface area contributed by atoms with Crippen molar-refractivity contribution in [2.45, 2.75) is 26.8 Å². The fourth-order valence-electron chi connectivity index (χ4n) is 1.86. The first kappa shape index (κ1) is 16.2. The molecule has 1 aromatic carbocycles. The van der Waals surface area contributed by atoms with E-state index >= 15 is 0 Å². The highest BCUT2D eigenvalue weighted by Crippen LogP contribution is 2.10. The molecule has 0 saturated carbocycles. The zero-order valence-corrected chi connectivity index (χ0v) is 13.5. The lowest BCUT2D eigenvalue weighted by atomic mass is 10.1. The van der Waals surface area contributed by atoms with Crippen LogP contribution in [0.25, 0.3) is 0 Å². The molecule has 0 aliphatic heterocycles. The first-order valence-corrected chi connectivity index (χ1v) is 8.77. The van der Waals surface area contributed by atoms with Crippen molar-refractivity contribution < 1.29 is 8.42 Å². The Kier molecular flexibility index (Phi) is 5.32. The second-order valence-corrected chi connectivity index (χ2v) is 6.91. The average Bonchev–Trinajstić information content (AvgIpc) is 2.48. The molecule has 0 aliphatic rings. The van der Waals surface area contributed by atoms with E-state index in [1.807, 2.05) is 38.1 Å². The minimum atomic E-state index is -3.33. The van der Waals surface area contributed by atoms with Gasteiger partial charge in [0.1, 0.15) is 5.82 Å². The van der Waals surface area contributed by atoms with Crippen LogP contribution in [0.15, 0.2) is 36.4 Å². The monoisotopic (exact) mass is 320 g/mol. The summed E-state index contributed by atoms with van der Waals surface area (Å²) in [5.41, 5.74) is 2.35. The minimum Gasteiger partial charge on any atom is -0.365 e. The molecule has 0 unspecified atom stereocenters. The van der Waals surface area contributed by atoms with E-state index in [4.69, 9.17) is 0 Å². The summed E-state index contributed by atoms with van der Waals surface area (Å²) in [6.07, 6.45) is 0.555. The van der Waals surface area contributed by atoms with Gasteiger partial charge in [0, 0.05) is 6.54 Å². The van der Waals surface area contributed by atoms with Gasteiger partial charge in [0.05, 0.1) is 5.75 Å². The lowest BCUT2D eigenvalue weighted by Crippen LogP contribution is -2.17. The van der Waals surface area contributed by atoms with Gasteiger partial charge in [-0.3, -0.25) is 4.72 Å². The number of hydrogen-bond acceptors (Lipinski definition) is 5. The summed E-state index contributed by atoms with van der Waals surface area (Å²) in [6, 6.07) is 11.5. The van der Waals surface area contributed by atoms with Crippen molar-refractivity contribution in [3.05, 3.63) is 47.5 Å². The van der Waals surface area contributed by atoms with Gasteiger partial charge in [-0.1, -0.05) is 36.8 Å². The van der Waals surface area contributed by atoms with E-state index in [0.717, 1.165) is 5.56 Å². The molecule has 2 rings (SSSR count). The first-order chi connectivity index (χ1) is 10.5. The minimum absolute atomic E-state index is 0.0715. The van der Waals surface area contributed by atoms with E-state index in [2.05, 4.69) is 20.2 Å². The number of sulfonamides is 1. The van der Waals surface area contributed by atoms with Crippen LogP contribution in [0.3, 0.4) is 0 Å². The Labute approximate surface area is 131 Å². The molecule has 0 fully saturated rings. The van der Waals surface area contributed by atoms with Gasteiger partial charge in [-0.15, -0.1) is 10.2 Å². The van der Waals surface area contributed by atoms with Crippen LogP contribution in [0.5, 0.6) is 0 Å². The quantitative estimate of drug-likeness (QED) is 0.819. The van der Waals surface area contributed by atoms with Crippen molar-refractivity contribution in [3.63, 3.8) is 0 Å². The van der Waals surface area contributed by atoms with Gasteiger partial charge in [0.2, 0.25) is 10.0 Å². The molecule has 2 N–H and O–H groups in total. The van der Waals surface area contributed by atoms with Crippen LogP contribution in [0.1, 0.15) is 24.5 Å². The molecular weight excluding hydrogens is 300 g/mol. The maximum absolute atomic E-state index is 11.6. The van der Waals surface area contributed by atoms with Crippen LogP contribution < -0.4 is 10.0 Å². The normalized spacial score (nSPS) is 11.2. The molecule has 7 heteroatoms. The highest BCUT2D eigenvalue weighted by molar-refractivity contribution is 7.92. The molecule has 0 spiro atoms. The molecule has 0 amide bonds. The van der Waals surface area contributed by atoms with Crippen molar-refractivity contribution in [1.82, 2.24) is 10.2 Å². The van der Waals surface area contributed by atoms with Crippen molar-refractivity contribution in [2.75, 3.05) is 15.8 Å². The lowest BCUT2D eigenvalue weighted by molar-refractivity contribution is 0.599. The molecule has 0 aliphatic carbocycles. The molecule has 118 valence electrons. The van der Waals surface area contributed by atoms with Crippen molar-refractivity contribution >= 4 is 21.7 Å². The number of nitrogens with zero attached hydrogens (tertiary/aromatic N) is 2. The molecule has 6 nitrogen and oxygen atoms in total. The molecule has 22 heavy (non-hydrogen) atoms. The fourth-order valence-corrected chi connectivity index (χ4v) is 2.93. The summed E-state index contributed by atoms with van der Waals surface area (Å²) >= 11 is 0. The number of anilines is 2. The van der Waals surface area contributed by atoms with E-state index < -0.39 is 10.0 Å².